The maximum Gasteiger partial charge on any atom is 0.259 e. The van der Waals surface area contributed by atoms with Crippen LogP contribution in [0.3, 0.4) is 0 Å². The van der Waals surface area contributed by atoms with Gasteiger partial charge in [0.25, 0.3) is 5.89 Å². The van der Waals surface area contributed by atoms with Crippen molar-refractivity contribution in [1.29, 1.82) is 0 Å². The molecule has 7 heteroatoms. The topological polar surface area (TPSA) is 77.2 Å². The number of ether oxygens (including phenoxy) is 1. The molecule has 1 fully saturated rings. The van der Waals surface area contributed by atoms with Crippen LogP contribution >= 0.6 is 0 Å². The zero-order chi connectivity index (χ0) is 19.2. The van der Waals surface area contributed by atoms with Crippen LogP contribution in [-0.2, 0) is 16.7 Å². The van der Waals surface area contributed by atoms with Gasteiger partial charge in [-0.15, -0.1) is 0 Å². The standard InChI is InChI=1S/C21H25N5O2/c1-27-14-8-21(20-24-19(28-25-20)18-3-2-9-23-15-18)6-12-26(13-7-21)16-17-4-10-22-11-5-17/h2-5,9-11,15H,6-8,12-14,16H2,1H3. The lowest BCUT2D eigenvalue weighted by atomic mass is 9.75. The smallest absolute Gasteiger partial charge is 0.259 e. The second kappa shape index (κ2) is 8.58. The maximum atomic E-state index is 5.57. The SMILES string of the molecule is COCCC1(c2noc(-c3cccnc3)n2)CCN(Cc2ccncc2)CC1. The molecule has 3 aromatic rings. The molecule has 4 heterocycles. The molecule has 1 saturated heterocycles. The number of methoxy groups -OCH3 is 1. The Balaban J connectivity index is 1.50. The predicted octanol–water partition coefficient (Wildman–Crippen LogP) is 3.10. The van der Waals surface area contributed by atoms with Crippen molar-refractivity contribution >= 4 is 0 Å². The minimum Gasteiger partial charge on any atom is -0.385 e. The molecule has 3 aromatic heterocycles. The molecule has 0 spiro atoms. The lowest BCUT2D eigenvalue weighted by Crippen LogP contribution is -2.43. The summed E-state index contributed by atoms with van der Waals surface area (Å²) in [5.41, 5.74) is 2.02. The molecule has 0 unspecified atom stereocenters. The zero-order valence-electron chi connectivity index (χ0n) is 16.1. The first-order valence-corrected chi connectivity index (χ1v) is 9.64. The van der Waals surface area contributed by atoms with Gasteiger partial charge in [0.2, 0.25) is 0 Å². The van der Waals surface area contributed by atoms with Crippen molar-refractivity contribution in [2.75, 3.05) is 26.8 Å². The van der Waals surface area contributed by atoms with Gasteiger partial charge in [0, 0.05) is 50.5 Å². The van der Waals surface area contributed by atoms with E-state index in [1.165, 1.54) is 5.56 Å². The van der Waals surface area contributed by atoms with Crippen LogP contribution in [0, 0.1) is 0 Å². The van der Waals surface area contributed by atoms with Crippen molar-refractivity contribution in [3.63, 3.8) is 0 Å². The van der Waals surface area contributed by atoms with E-state index < -0.39 is 0 Å². The summed E-state index contributed by atoms with van der Waals surface area (Å²) in [5.74, 6) is 1.31. The van der Waals surface area contributed by atoms with Gasteiger partial charge in [-0.25, -0.2) is 0 Å². The number of piperidine rings is 1. The normalized spacial score (nSPS) is 16.9. The summed E-state index contributed by atoms with van der Waals surface area (Å²) < 4.78 is 11.0. The molecule has 0 amide bonds. The predicted molar refractivity (Wildman–Crippen MR) is 104 cm³/mol. The second-order valence-electron chi connectivity index (χ2n) is 7.32. The average Bonchev–Trinajstić information content (AvgIpc) is 3.26. The first kappa shape index (κ1) is 18.7. The van der Waals surface area contributed by atoms with Gasteiger partial charge >= 0.3 is 0 Å². The molecular weight excluding hydrogens is 354 g/mol. The van der Waals surface area contributed by atoms with E-state index >= 15 is 0 Å². The molecule has 0 N–H and O–H groups in total. The largest absolute Gasteiger partial charge is 0.385 e. The number of pyridine rings is 2. The van der Waals surface area contributed by atoms with E-state index in [4.69, 9.17) is 14.2 Å². The van der Waals surface area contributed by atoms with Crippen molar-refractivity contribution in [3.8, 4) is 11.5 Å². The molecule has 1 aliphatic heterocycles. The lowest BCUT2D eigenvalue weighted by molar-refractivity contribution is 0.103. The summed E-state index contributed by atoms with van der Waals surface area (Å²) in [6.45, 7) is 3.60. The van der Waals surface area contributed by atoms with Crippen molar-refractivity contribution in [3.05, 3.63) is 60.4 Å². The highest BCUT2D eigenvalue weighted by Gasteiger charge is 2.40. The fraction of sp³-hybridized carbons (Fsp3) is 0.429. The molecular formula is C21H25N5O2. The summed E-state index contributed by atoms with van der Waals surface area (Å²) in [7, 11) is 1.74. The highest BCUT2D eigenvalue weighted by Crippen LogP contribution is 2.38. The lowest BCUT2D eigenvalue weighted by Gasteiger charge is -2.39. The van der Waals surface area contributed by atoms with Crippen LogP contribution in [0.25, 0.3) is 11.5 Å². The first-order chi connectivity index (χ1) is 13.8. The van der Waals surface area contributed by atoms with E-state index in [0.29, 0.717) is 12.5 Å². The van der Waals surface area contributed by atoms with Crippen LogP contribution < -0.4 is 0 Å². The Morgan fingerprint density at radius 1 is 1.11 bits per heavy atom. The van der Waals surface area contributed by atoms with E-state index in [-0.39, 0.29) is 5.41 Å². The molecule has 7 nitrogen and oxygen atoms in total. The molecule has 0 radical (unpaired) electrons. The quantitative estimate of drug-likeness (QED) is 0.624. The number of rotatable bonds is 7. The first-order valence-electron chi connectivity index (χ1n) is 9.64. The third-order valence-electron chi connectivity index (χ3n) is 5.56. The number of nitrogens with zero attached hydrogens (tertiary/aromatic N) is 5. The molecule has 0 bridgehead atoms. The van der Waals surface area contributed by atoms with Gasteiger partial charge in [0.15, 0.2) is 5.82 Å². The Labute approximate surface area is 164 Å². The third-order valence-corrected chi connectivity index (χ3v) is 5.56. The van der Waals surface area contributed by atoms with Crippen LogP contribution in [0.1, 0.15) is 30.7 Å². The molecule has 0 atom stereocenters. The van der Waals surface area contributed by atoms with Gasteiger partial charge in [-0.05, 0) is 62.2 Å². The highest BCUT2D eigenvalue weighted by atomic mass is 16.5. The van der Waals surface area contributed by atoms with Crippen LogP contribution in [0.4, 0.5) is 0 Å². The molecule has 1 aliphatic rings. The zero-order valence-corrected chi connectivity index (χ0v) is 16.1. The third kappa shape index (κ3) is 4.10. The molecule has 0 aromatic carbocycles. The van der Waals surface area contributed by atoms with Crippen LogP contribution in [0.2, 0.25) is 0 Å². The van der Waals surface area contributed by atoms with Crippen molar-refractivity contribution in [2.24, 2.45) is 0 Å². The van der Waals surface area contributed by atoms with Crippen molar-refractivity contribution in [1.82, 2.24) is 25.0 Å². The number of hydrogen-bond donors (Lipinski definition) is 0. The summed E-state index contributed by atoms with van der Waals surface area (Å²) in [4.78, 5) is 15.5. The summed E-state index contributed by atoms with van der Waals surface area (Å²) in [6, 6.07) is 7.96. The Hall–Kier alpha value is -2.64. The molecule has 4 rings (SSSR count). The Kier molecular flexibility index (Phi) is 5.73. The summed E-state index contributed by atoms with van der Waals surface area (Å²) in [6.07, 6.45) is 10.0. The number of aromatic nitrogens is 4. The minimum absolute atomic E-state index is 0.116. The Bertz CT molecular complexity index is 861. The van der Waals surface area contributed by atoms with Gasteiger partial charge in [-0.1, -0.05) is 5.16 Å². The van der Waals surface area contributed by atoms with Crippen LogP contribution in [0.5, 0.6) is 0 Å². The Morgan fingerprint density at radius 2 is 1.93 bits per heavy atom. The fourth-order valence-electron chi connectivity index (χ4n) is 3.81. The van der Waals surface area contributed by atoms with E-state index in [1.807, 2.05) is 24.5 Å². The van der Waals surface area contributed by atoms with Gasteiger partial charge < -0.3 is 9.26 Å². The second-order valence-corrected chi connectivity index (χ2v) is 7.32. The molecule has 0 saturated carbocycles. The van der Waals surface area contributed by atoms with Crippen LogP contribution in [0.15, 0.2) is 53.6 Å². The monoisotopic (exact) mass is 379 g/mol. The average molecular weight is 379 g/mol. The maximum absolute atomic E-state index is 5.57. The highest BCUT2D eigenvalue weighted by molar-refractivity contribution is 5.50. The van der Waals surface area contributed by atoms with Gasteiger partial charge in [0.05, 0.1) is 5.56 Å². The Morgan fingerprint density at radius 3 is 2.64 bits per heavy atom. The van der Waals surface area contributed by atoms with Crippen LogP contribution in [-0.4, -0.2) is 51.8 Å². The van der Waals surface area contributed by atoms with Crippen molar-refractivity contribution < 1.29 is 9.26 Å². The molecule has 28 heavy (non-hydrogen) atoms. The van der Waals surface area contributed by atoms with Gasteiger partial charge in [-0.2, -0.15) is 4.98 Å². The van der Waals surface area contributed by atoms with E-state index in [9.17, 15) is 0 Å². The van der Waals surface area contributed by atoms with Gasteiger partial charge in [0.1, 0.15) is 0 Å². The fourth-order valence-corrected chi connectivity index (χ4v) is 3.81. The van der Waals surface area contributed by atoms with E-state index in [0.717, 1.165) is 50.3 Å². The van der Waals surface area contributed by atoms with E-state index in [1.54, 1.807) is 19.5 Å². The van der Waals surface area contributed by atoms with Gasteiger partial charge in [-0.3, -0.25) is 14.9 Å². The number of hydrogen-bond acceptors (Lipinski definition) is 7. The number of likely N-dealkylation sites (tertiary alicyclic amines) is 1. The summed E-state index contributed by atoms with van der Waals surface area (Å²) in [5, 5.41) is 4.35. The minimum atomic E-state index is -0.116. The summed E-state index contributed by atoms with van der Waals surface area (Å²) >= 11 is 0. The van der Waals surface area contributed by atoms with Crippen molar-refractivity contribution in [2.45, 2.75) is 31.2 Å². The molecule has 0 aliphatic carbocycles. The van der Waals surface area contributed by atoms with E-state index in [2.05, 4.69) is 32.2 Å². The molecule has 146 valence electrons.